The summed E-state index contributed by atoms with van der Waals surface area (Å²) in [5.74, 6) is 0. The minimum absolute atomic E-state index is 0.411. The van der Waals surface area contributed by atoms with Crippen LogP contribution < -0.4 is 5.32 Å². The SMILES string of the molecule is Cc1cc(C)n(CC(C)NCCCc2ccccc2Cl)n1. The number of benzene rings is 1. The predicted molar refractivity (Wildman–Crippen MR) is 88.9 cm³/mol. The zero-order valence-electron chi connectivity index (χ0n) is 13.1. The maximum absolute atomic E-state index is 6.16. The first-order valence-corrected chi connectivity index (χ1v) is 7.92. The normalized spacial score (nSPS) is 12.6. The molecule has 0 radical (unpaired) electrons. The molecule has 0 spiro atoms. The maximum Gasteiger partial charge on any atom is 0.0596 e. The van der Waals surface area contributed by atoms with Crippen LogP contribution >= 0.6 is 11.6 Å². The summed E-state index contributed by atoms with van der Waals surface area (Å²) in [5, 5.41) is 8.92. The molecule has 1 aromatic heterocycles. The Morgan fingerprint density at radius 2 is 2.05 bits per heavy atom. The van der Waals surface area contributed by atoms with Gasteiger partial charge in [0, 0.05) is 16.8 Å². The molecule has 0 fully saturated rings. The molecule has 0 saturated carbocycles. The highest BCUT2D eigenvalue weighted by Gasteiger charge is 2.06. The molecule has 1 unspecified atom stereocenters. The minimum Gasteiger partial charge on any atom is -0.312 e. The third-order valence-electron chi connectivity index (χ3n) is 3.62. The highest BCUT2D eigenvalue weighted by Crippen LogP contribution is 2.16. The van der Waals surface area contributed by atoms with Gasteiger partial charge in [-0.15, -0.1) is 0 Å². The van der Waals surface area contributed by atoms with Crippen LogP contribution in [0.5, 0.6) is 0 Å². The molecule has 3 nitrogen and oxygen atoms in total. The summed E-state index contributed by atoms with van der Waals surface area (Å²) in [6, 6.07) is 10.6. The predicted octanol–water partition coefficient (Wildman–Crippen LogP) is 3.76. The first kappa shape index (κ1) is 16.1. The highest BCUT2D eigenvalue weighted by molar-refractivity contribution is 6.31. The van der Waals surface area contributed by atoms with Crippen molar-refractivity contribution in [3.05, 3.63) is 52.3 Å². The van der Waals surface area contributed by atoms with Gasteiger partial charge in [-0.1, -0.05) is 29.8 Å². The van der Waals surface area contributed by atoms with Crippen molar-refractivity contribution >= 4 is 11.6 Å². The van der Waals surface area contributed by atoms with Gasteiger partial charge in [0.15, 0.2) is 0 Å². The van der Waals surface area contributed by atoms with Crippen LogP contribution in [0.15, 0.2) is 30.3 Å². The third kappa shape index (κ3) is 4.87. The molecule has 0 aliphatic heterocycles. The van der Waals surface area contributed by atoms with E-state index in [2.05, 4.69) is 41.1 Å². The van der Waals surface area contributed by atoms with E-state index in [4.69, 9.17) is 11.6 Å². The van der Waals surface area contributed by atoms with Crippen molar-refractivity contribution in [2.24, 2.45) is 0 Å². The highest BCUT2D eigenvalue weighted by atomic mass is 35.5. The first-order chi connectivity index (χ1) is 10.1. The monoisotopic (exact) mass is 305 g/mol. The molecule has 0 aliphatic rings. The van der Waals surface area contributed by atoms with Gasteiger partial charge < -0.3 is 5.32 Å². The number of aryl methyl sites for hydroxylation is 3. The largest absolute Gasteiger partial charge is 0.312 e. The molecule has 0 bridgehead atoms. The fourth-order valence-electron chi connectivity index (χ4n) is 2.51. The van der Waals surface area contributed by atoms with Crippen LogP contribution in [0.3, 0.4) is 0 Å². The van der Waals surface area contributed by atoms with E-state index in [0.717, 1.165) is 36.6 Å². The van der Waals surface area contributed by atoms with E-state index in [1.807, 2.05) is 25.1 Å². The fourth-order valence-corrected chi connectivity index (χ4v) is 2.74. The number of nitrogens with zero attached hydrogens (tertiary/aromatic N) is 2. The van der Waals surface area contributed by atoms with E-state index in [0.29, 0.717) is 6.04 Å². The summed E-state index contributed by atoms with van der Waals surface area (Å²) in [7, 11) is 0. The zero-order chi connectivity index (χ0) is 15.2. The first-order valence-electron chi connectivity index (χ1n) is 7.54. The molecule has 0 amide bonds. The van der Waals surface area contributed by atoms with Crippen molar-refractivity contribution in [2.75, 3.05) is 6.54 Å². The average Bonchev–Trinajstić information content (AvgIpc) is 2.75. The van der Waals surface area contributed by atoms with Crippen molar-refractivity contribution in [3.8, 4) is 0 Å². The Labute approximate surface area is 132 Å². The number of hydrogen-bond donors (Lipinski definition) is 1. The van der Waals surface area contributed by atoms with E-state index in [1.54, 1.807) is 0 Å². The molecule has 2 rings (SSSR count). The Kier molecular flexibility index (Phi) is 5.83. The molecule has 1 atom stereocenters. The lowest BCUT2D eigenvalue weighted by Crippen LogP contribution is -2.32. The smallest absolute Gasteiger partial charge is 0.0596 e. The van der Waals surface area contributed by atoms with E-state index in [-0.39, 0.29) is 0 Å². The lowest BCUT2D eigenvalue weighted by Gasteiger charge is -2.15. The summed E-state index contributed by atoms with van der Waals surface area (Å²) in [4.78, 5) is 0. The molecular formula is C17H24ClN3. The van der Waals surface area contributed by atoms with Crippen molar-refractivity contribution in [1.82, 2.24) is 15.1 Å². The third-order valence-corrected chi connectivity index (χ3v) is 3.99. The summed E-state index contributed by atoms with van der Waals surface area (Å²) in [6.07, 6.45) is 2.10. The van der Waals surface area contributed by atoms with Gasteiger partial charge in [-0.25, -0.2) is 0 Å². The molecule has 1 heterocycles. The van der Waals surface area contributed by atoms with E-state index >= 15 is 0 Å². The number of aromatic nitrogens is 2. The summed E-state index contributed by atoms with van der Waals surface area (Å²) in [5.41, 5.74) is 3.53. The van der Waals surface area contributed by atoms with Crippen molar-refractivity contribution in [3.63, 3.8) is 0 Å². The summed E-state index contributed by atoms with van der Waals surface area (Å²) < 4.78 is 2.07. The number of rotatable bonds is 7. The van der Waals surface area contributed by atoms with Gasteiger partial charge in [0.05, 0.1) is 12.2 Å². The fraction of sp³-hybridized carbons (Fsp3) is 0.471. The van der Waals surface area contributed by atoms with Gasteiger partial charge in [-0.05, 0) is 57.9 Å². The standard InChI is InChI=1S/C17H24ClN3/c1-13-11-15(3)21(20-13)12-14(2)19-10-6-8-16-7-4-5-9-17(16)18/h4-5,7,9,11,14,19H,6,8,10,12H2,1-3H3. The molecule has 2 aromatic rings. The van der Waals surface area contributed by atoms with Crippen molar-refractivity contribution in [2.45, 2.75) is 46.2 Å². The second-order valence-electron chi connectivity index (χ2n) is 5.66. The van der Waals surface area contributed by atoms with Crippen LogP contribution in [-0.2, 0) is 13.0 Å². The Morgan fingerprint density at radius 1 is 1.29 bits per heavy atom. The van der Waals surface area contributed by atoms with Crippen LogP contribution in [0.25, 0.3) is 0 Å². The lowest BCUT2D eigenvalue weighted by atomic mass is 10.1. The van der Waals surface area contributed by atoms with E-state index < -0.39 is 0 Å². The molecular weight excluding hydrogens is 282 g/mol. The Hall–Kier alpha value is -1.32. The number of nitrogens with one attached hydrogen (secondary N) is 1. The maximum atomic E-state index is 6.16. The molecule has 21 heavy (non-hydrogen) atoms. The van der Waals surface area contributed by atoms with Crippen molar-refractivity contribution < 1.29 is 0 Å². The second-order valence-corrected chi connectivity index (χ2v) is 6.07. The molecule has 1 N–H and O–H groups in total. The van der Waals surface area contributed by atoms with E-state index in [1.165, 1.54) is 11.3 Å². The summed E-state index contributed by atoms with van der Waals surface area (Å²) in [6.45, 7) is 8.23. The lowest BCUT2D eigenvalue weighted by molar-refractivity contribution is 0.442. The molecule has 4 heteroatoms. The second kappa shape index (κ2) is 7.62. The minimum atomic E-state index is 0.411. The molecule has 1 aromatic carbocycles. The van der Waals surface area contributed by atoms with Crippen LogP contribution in [-0.4, -0.2) is 22.4 Å². The van der Waals surface area contributed by atoms with Gasteiger partial charge >= 0.3 is 0 Å². The van der Waals surface area contributed by atoms with Gasteiger partial charge in [0.1, 0.15) is 0 Å². The van der Waals surface area contributed by atoms with Crippen LogP contribution in [0.4, 0.5) is 0 Å². The number of hydrogen-bond acceptors (Lipinski definition) is 2. The molecule has 114 valence electrons. The zero-order valence-corrected chi connectivity index (χ0v) is 13.8. The van der Waals surface area contributed by atoms with E-state index in [9.17, 15) is 0 Å². The Balaban J connectivity index is 1.71. The number of halogens is 1. The van der Waals surface area contributed by atoms with Crippen molar-refractivity contribution in [1.29, 1.82) is 0 Å². The van der Waals surface area contributed by atoms with Crippen LogP contribution in [0.2, 0.25) is 5.02 Å². The quantitative estimate of drug-likeness (QED) is 0.789. The van der Waals surface area contributed by atoms with Gasteiger partial charge in [-0.2, -0.15) is 5.10 Å². The Morgan fingerprint density at radius 3 is 2.71 bits per heavy atom. The average molecular weight is 306 g/mol. The topological polar surface area (TPSA) is 29.9 Å². The van der Waals surface area contributed by atoms with Crippen LogP contribution in [0.1, 0.15) is 30.3 Å². The van der Waals surface area contributed by atoms with Gasteiger partial charge in [-0.3, -0.25) is 4.68 Å². The Bertz CT molecular complexity index is 577. The summed E-state index contributed by atoms with van der Waals surface area (Å²) >= 11 is 6.16. The van der Waals surface area contributed by atoms with Crippen LogP contribution in [0, 0.1) is 13.8 Å². The molecule has 0 saturated heterocycles. The van der Waals surface area contributed by atoms with Gasteiger partial charge in [0.2, 0.25) is 0 Å². The molecule has 0 aliphatic carbocycles. The van der Waals surface area contributed by atoms with Gasteiger partial charge in [0.25, 0.3) is 0 Å².